The second-order valence-corrected chi connectivity index (χ2v) is 11.8. The maximum Gasteiger partial charge on any atom is 0.123 e. The van der Waals surface area contributed by atoms with Gasteiger partial charge in [0, 0.05) is 28.4 Å². The summed E-state index contributed by atoms with van der Waals surface area (Å²) in [6.45, 7) is 16.9. The van der Waals surface area contributed by atoms with Crippen LogP contribution >= 0.6 is 0 Å². The minimum Gasteiger partial charge on any atom is -0.507 e. The molecule has 0 heterocycles. The smallest absolute Gasteiger partial charge is 0.123 e. The summed E-state index contributed by atoms with van der Waals surface area (Å²) >= 11 is 0. The lowest BCUT2D eigenvalue weighted by atomic mass is 9.75. The minimum atomic E-state index is -0.369. The van der Waals surface area contributed by atoms with Gasteiger partial charge in [0.05, 0.1) is 0 Å². The number of phenols is 2. The molecule has 4 rings (SSSR count). The Labute approximate surface area is 222 Å². The molecule has 0 aliphatic rings. The lowest BCUT2D eigenvalue weighted by molar-refractivity contribution is 0.441. The first-order chi connectivity index (χ1) is 17.3. The lowest BCUT2D eigenvalue weighted by Gasteiger charge is -2.30. The van der Waals surface area contributed by atoms with E-state index < -0.39 is 0 Å². The summed E-state index contributed by atoms with van der Waals surface area (Å²) in [6, 6.07) is 25.3. The summed E-state index contributed by atoms with van der Waals surface area (Å²) in [5.41, 5.74) is 9.66. The van der Waals surface area contributed by atoms with Gasteiger partial charge in [0.25, 0.3) is 0 Å². The summed E-state index contributed by atoms with van der Waals surface area (Å²) < 4.78 is 0. The van der Waals surface area contributed by atoms with E-state index in [4.69, 9.17) is 0 Å². The van der Waals surface area contributed by atoms with Gasteiger partial charge >= 0.3 is 0 Å². The van der Waals surface area contributed by atoms with Crippen LogP contribution in [0.5, 0.6) is 11.5 Å². The fraction of sp³-hybridized carbons (Fsp3) is 0.314. The summed E-state index contributed by atoms with van der Waals surface area (Å²) in [7, 11) is 0. The van der Waals surface area contributed by atoms with Gasteiger partial charge in [-0.15, -0.1) is 0 Å². The van der Waals surface area contributed by atoms with Crippen LogP contribution < -0.4 is 0 Å². The van der Waals surface area contributed by atoms with Crippen LogP contribution in [0.15, 0.2) is 72.8 Å². The van der Waals surface area contributed by atoms with Crippen LogP contribution in [0.25, 0.3) is 0 Å². The van der Waals surface area contributed by atoms with E-state index in [1.807, 2.05) is 12.1 Å². The Balaban J connectivity index is 1.78. The maximum atomic E-state index is 11.5. The summed E-state index contributed by atoms with van der Waals surface area (Å²) in [5, 5.41) is 23.1. The molecule has 4 aromatic carbocycles. The van der Waals surface area contributed by atoms with Gasteiger partial charge in [-0.05, 0) is 49.9 Å². The molecule has 0 aliphatic heterocycles. The summed E-state index contributed by atoms with van der Waals surface area (Å²) in [5.74, 6) is 0.604. The van der Waals surface area contributed by atoms with Gasteiger partial charge in [0.1, 0.15) is 11.5 Å². The molecule has 192 valence electrons. The Kier molecular flexibility index (Phi) is 6.99. The Morgan fingerprint density at radius 3 is 1.14 bits per heavy atom. The van der Waals surface area contributed by atoms with Crippen LogP contribution in [0.2, 0.25) is 0 Å². The zero-order chi connectivity index (χ0) is 27.1. The first-order valence-electron chi connectivity index (χ1n) is 13.1. The Hall–Kier alpha value is -3.52. The molecule has 0 saturated heterocycles. The second-order valence-electron chi connectivity index (χ2n) is 11.8. The van der Waals surface area contributed by atoms with E-state index in [1.54, 1.807) is 0 Å². The van der Waals surface area contributed by atoms with Crippen molar-refractivity contribution in [3.8, 4) is 11.5 Å². The first kappa shape index (κ1) is 26.5. The van der Waals surface area contributed by atoms with Crippen molar-refractivity contribution in [3.63, 3.8) is 0 Å². The highest BCUT2D eigenvalue weighted by Gasteiger charge is 2.30. The van der Waals surface area contributed by atoms with E-state index in [-0.39, 0.29) is 10.8 Å². The number of hydrogen-bond acceptors (Lipinski definition) is 2. The molecule has 0 aromatic heterocycles. The molecule has 0 radical (unpaired) electrons. The molecular weight excluding hydrogens is 452 g/mol. The highest BCUT2D eigenvalue weighted by atomic mass is 16.3. The molecule has 37 heavy (non-hydrogen) atoms. The minimum absolute atomic E-state index is 0.302. The molecule has 0 atom stereocenters. The number of aryl methyl sites for hydroxylation is 4. The van der Waals surface area contributed by atoms with Crippen LogP contribution in [0.4, 0.5) is 0 Å². The van der Waals surface area contributed by atoms with Gasteiger partial charge in [-0.3, -0.25) is 0 Å². The summed E-state index contributed by atoms with van der Waals surface area (Å²) in [4.78, 5) is 0. The molecule has 2 N–H and O–H groups in total. The third-order valence-electron chi connectivity index (χ3n) is 7.94. The van der Waals surface area contributed by atoms with Crippen molar-refractivity contribution in [2.24, 2.45) is 0 Å². The van der Waals surface area contributed by atoms with E-state index >= 15 is 0 Å². The standard InChI is InChI=1S/C35H40O2/c1-22-9-13-28(14-10-22)34(5,6)30-19-24(3)17-26(32(30)36)21-27-18-25(4)20-31(33(27)37)35(7,8)29-15-11-23(2)12-16-29/h9-20,36-37H,21H2,1-8H3. The van der Waals surface area contributed by atoms with Crippen molar-refractivity contribution in [1.29, 1.82) is 0 Å². The predicted molar refractivity (Wildman–Crippen MR) is 155 cm³/mol. The van der Waals surface area contributed by atoms with Crippen LogP contribution in [-0.2, 0) is 17.3 Å². The molecule has 2 nitrogen and oxygen atoms in total. The second kappa shape index (κ2) is 9.74. The van der Waals surface area contributed by atoms with Gasteiger partial charge in [-0.1, -0.05) is 123 Å². The van der Waals surface area contributed by atoms with Crippen molar-refractivity contribution < 1.29 is 10.2 Å². The fourth-order valence-corrected chi connectivity index (χ4v) is 5.39. The number of benzene rings is 4. The van der Waals surface area contributed by atoms with Crippen LogP contribution in [0.3, 0.4) is 0 Å². The maximum absolute atomic E-state index is 11.5. The van der Waals surface area contributed by atoms with Crippen molar-refractivity contribution in [2.75, 3.05) is 0 Å². The topological polar surface area (TPSA) is 40.5 Å². The molecule has 0 spiro atoms. The van der Waals surface area contributed by atoms with E-state index in [9.17, 15) is 10.2 Å². The molecule has 4 aromatic rings. The SMILES string of the molecule is Cc1ccc(C(C)(C)c2cc(C)cc(Cc3cc(C)cc(C(C)(C)c4ccc(C)cc4)c3O)c2O)cc1. The Morgan fingerprint density at radius 2 is 0.811 bits per heavy atom. The number of phenolic OH excluding ortho intramolecular Hbond substituents is 2. The van der Waals surface area contributed by atoms with Gasteiger partial charge < -0.3 is 10.2 Å². The molecule has 0 saturated carbocycles. The van der Waals surface area contributed by atoms with Crippen molar-refractivity contribution in [1.82, 2.24) is 0 Å². The molecule has 0 bridgehead atoms. The molecule has 2 heteroatoms. The van der Waals surface area contributed by atoms with Gasteiger partial charge in [0.2, 0.25) is 0 Å². The molecule has 0 unspecified atom stereocenters. The highest BCUT2D eigenvalue weighted by molar-refractivity contribution is 5.56. The molecule has 0 aliphatic carbocycles. The predicted octanol–water partition coefficient (Wildman–Crippen LogP) is 8.57. The third kappa shape index (κ3) is 5.16. The average Bonchev–Trinajstić information content (AvgIpc) is 2.83. The third-order valence-corrected chi connectivity index (χ3v) is 7.94. The van der Waals surface area contributed by atoms with Gasteiger partial charge in [0.15, 0.2) is 0 Å². The van der Waals surface area contributed by atoms with Crippen LogP contribution in [-0.4, -0.2) is 10.2 Å². The van der Waals surface area contributed by atoms with Crippen molar-refractivity contribution >= 4 is 0 Å². The monoisotopic (exact) mass is 492 g/mol. The van der Waals surface area contributed by atoms with E-state index in [0.717, 1.165) is 44.5 Å². The first-order valence-corrected chi connectivity index (χ1v) is 13.1. The Morgan fingerprint density at radius 1 is 0.486 bits per heavy atom. The van der Waals surface area contributed by atoms with Gasteiger partial charge in [-0.25, -0.2) is 0 Å². The highest BCUT2D eigenvalue weighted by Crippen LogP contribution is 2.43. The van der Waals surface area contributed by atoms with Crippen LogP contribution in [0, 0.1) is 27.7 Å². The molecule has 0 amide bonds. The quantitative estimate of drug-likeness (QED) is 0.283. The molecule has 0 fully saturated rings. The lowest BCUT2D eigenvalue weighted by Crippen LogP contribution is -2.20. The van der Waals surface area contributed by atoms with Gasteiger partial charge in [-0.2, -0.15) is 0 Å². The van der Waals surface area contributed by atoms with Crippen molar-refractivity contribution in [3.05, 3.63) is 128 Å². The van der Waals surface area contributed by atoms with E-state index in [2.05, 4.69) is 116 Å². The zero-order valence-electron chi connectivity index (χ0n) is 23.5. The number of hydrogen-bond donors (Lipinski definition) is 2. The van der Waals surface area contributed by atoms with Crippen molar-refractivity contribution in [2.45, 2.75) is 72.6 Å². The van der Waals surface area contributed by atoms with E-state index in [1.165, 1.54) is 11.1 Å². The zero-order valence-corrected chi connectivity index (χ0v) is 23.5. The fourth-order valence-electron chi connectivity index (χ4n) is 5.39. The molecular formula is C35H40O2. The van der Waals surface area contributed by atoms with E-state index in [0.29, 0.717) is 17.9 Å². The summed E-state index contributed by atoms with van der Waals surface area (Å²) in [6.07, 6.45) is 0.453. The normalized spacial score (nSPS) is 12.1. The number of rotatable bonds is 6. The Bertz CT molecular complexity index is 1310. The average molecular weight is 493 g/mol. The largest absolute Gasteiger partial charge is 0.507 e. The van der Waals surface area contributed by atoms with Crippen LogP contribution in [0.1, 0.15) is 83.3 Å². The number of aromatic hydroxyl groups is 2.